The Morgan fingerprint density at radius 1 is 0.708 bits per heavy atom. The van der Waals surface area contributed by atoms with Gasteiger partial charge in [0.25, 0.3) is 0 Å². The molecule has 3 aromatic carbocycles. The summed E-state index contributed by atoms with van der Waals surface area (Å²) in [5.74, 6) is 0. The van der Waals surface area contributed by atoms with Crippen LogP contribution in [0, 0.1) is 0 Å². The fraction of sp³-hybridized carbons (Fsp3) is 0. The Hall–Kier alpha value is -2.49. The second kappa shape index (κ2) is 5.26. The second-order valence-electron chi connectivity index (χ2n) is 5.73. The summed E-state index contributed by atoms with van der Waals surface area (Å²) in [6, 6.07) is 23.1. The maximum atomic E-state index is 6.33. The highest BCUT2D eigenvalue weighted by Crippen LogP contribution is 2.38. The molecule has 0 atom stereocenters. The number of hydrogen-bond acceptors (Lipinski definition) is 3. The molecule has 5 rings (SSSR count). The summed E-state index contributed by atoms with van der Waals surface area (Å²) >= 11 is 8.06. The maximum absolute atomic E-state index is 6.33. The molecule has 0 aliphatic heterocycles. The van der Waals surface area contributed by atoms with Crippen LogP contribution in [0.4, 0.5) is 0 Å². The minimum atomic E-state index is 0.445. The molecule has 2 nitrogen and oxygen atoms in total. The lowest BCUT2D eigenvalue weighted by molar-refractivity contribution is 1.06. The first-order valence-corrected chi connectivity index (χ1v) is 8.83. The number of halogens is 1. The number of hydrogen-bond donors (Lipinski definition) is 0. The highest BCUT2D eigenvalue weighted by Gasteiger charge is 2.13. The van der Waals surface area contributed by atoms with Gasteiger partial charge in [-0.3, -0.25) is 0 Å². The van der Waals surface area contributed by atoms with Crippen LogP contribution in [0.15, 0.2) is 66.7 Å². The van der Waals surface area contributed by atoms with E-state index in [1.54, 1.807) is 11.3 Å². The van der Waals surface area contributed by atoms with Crippen LogP contribution in [-0.4, -0.2) is 10.2 Å². The van der Waals surface area contributed by atoms with Gasteiger partial charge in [0.05, 0.1) is 4.88 Å². The SMILES string of the molecule is Clc1nnc(-c2cc3ccccc3s2)c2cc3ccccc3cc12. The molecular formula is C20H11ClN2S. The fourth-order valence-corrected chi connectivity index (χ4v) is 4.34. The Bertz CT molecular complexity index is 1190. The van der Waals surface area contributed by atoms with Crippen molar-refractivity contribution in [1.82, 2.24) is 10.2 Å². The average Bonchev–Trinajstić information content (AvgIpc) is 3.04. The highest BCUT2D eigenvalue weighted by atomic mass is 35.5. The molecule has 0 saturated carbocycles. The molecule has 0 N–H and O–H groups in total. The minimum Gasteiger partial charge on any atom is -0.147 e. The first kappa shape index (κ1) is 13.9. The van der Waals surface area contributed by atoms with Crippen molar-refractivity contribution in [3.63, 3.8) is 0 Å². The predicted octanol–water partition coefficient (Wildman–Crippen LogP) is 6.32. The van der Waals surface area contributed by atoms with E-state index in [1.807, 2.05) is 12.1 Å². The number of thiophene rings is 1. The molecule has 5 aromatic rings. The lowest BCUT2D eigenvalue weighted by Gasteiger charge is -2.07. The van der Waals surface area contributed by atoms with Crippen LogP contribution in [0.5, 0.6) is 0 Å². The largest absolute Gasteiger partial charge is 0.159 e. The van der Waals surface area contributed by atoms with E-state index in [-0.39, 0.29) is 0 Å². The Labute approximate surface area is 147 Å². The van der Waals surface area contributed by atoms with Gasteiger partial charge in [0.15, 0.2) is 5.15 Å². The summed E-state index contributed by atoms with van der Waals surface area (Å²) in [4.78, 5) is 1.11. The summed E-state index contributed by atoms with van der Waals surface area (Å²) in [5, 5.41) is 14.6. The maximum Gasteiger partial charge on any atom is 0.159 e. The van der Waals surface area contributed by atoms with Crippen LogP contribution in [0.2, 0.25) is 5.15 Å². The van der Waals surface area contributed by atoms with E-state index in [9.17, 15) is 0 Å². The number of rotatable bonds is 1. The highest BCUT2D eigenvalue weighted by molar-refractivity contribution is 7.22. The molecule has 0 aliphatic carbocycles. The van der Waals surface area contributed by atoms with Crippen LogP contribution in [-0.2, 0) is 0 Å². The number of fused-ring (bicyclic) bond motifs is 3. The van der Waals surface area contributed by atoms with E-state index in [1.165, 1.54) is 15.5 Å². The third kappa shape index (κ3) is 2.09. The quantitative estimate of drug-likeness (QED) is 0.332. The standard InChI is InChI=1S/C20H11ClN2S/c21-20-16-10-13-6-2-1-5-12(13)9-15(16)19(22-23-20)18-11-14-7-3-4-8-17(14)24-18/h1-11H. The first-order chi connectivity index (χ1) is 11.8. The van der Waals surface area contributed by atoms with Gasteiger partial charge in [-0.05, 0) is 40.4 Å². The monoisotopic (exact) mass is 346 g/mol. The molecule has 0 amide bonds. The van der Waals surface area contributed by atoms with E-state index in [0.29, 0.717) is 5.15 Å². The molecular weight excluding hydrogens is 336 g/mol. The van der Waals surface area contributed by atoms with Gasteiger partial charge in [-0.2, -0.15) is 0 Å². The van der Waals surface area contributed by atoms with Crippen molar-refractivity contribution in [3.05, 3.63) is 71.9 Å². The molecule has 114 valence electrons. The summed E-state index contributed by atoms with van der Waals surface area (Å²) in [6.45, 7) is 0. The van der Waals surface area contributed by atoms with E-state index < -0.39 is 0 Å². The third-order valence-corrected chi connectivity index (χ3v) is 5.66. The Kier molecular flexibility index (Phi) is 3.05. The van der Waals surface area contributed by atoms with Gasteiger partial charge in [-0.1, -0.05) is 54.1 Å². The van der Waals surface area contributed by atoms with Gasteiger partial charge in [-0.15, -0.1) is 21.5 Å². The molecule has 0 saturated heterocycles. The molecule has 0 fully saturated rings. The smallest absolute Gasteiger partial charge is 0.147 e. The number of benzene rings is 3. The Morgan fingerprint density at radius 3 is 2.12 bits per heavy atom. The van der Waals surface area contributed by atoms with Crippen LogP contribution >= 0.6 is 22.9 Å². The molecule has 0 radical (unpaired) electrons. The first-order valence-electron chi connectivity index (χ1n) is 7.63. The Balaban J connectivity index is 1.87. The van der Waals surface area contributed by atoms with Crippen molar-refractivity contribution < 1.29 is 0 Å². The minimum absolute atomic E-state index is 0.445. The second-order valence-corrected chi connectivity index (χ2v) is 7.17. The zero-order chi connectivity index (χ0) is 16.1. The van der Waals surface area contributed by atoms with E-state index in [2.05, 4.69) is 64.8 Å². The topological polar surface area (TPSA) is 25.8 Å². The van der Waals surface area contributed by atoms with Gasteiger partial charge in [-0.25, -0.2) is 0 Å². The van der Waals surface area contributed by atoms with Crippen molar-refractivity contribution in [2.75, 3.05) is 0 Å². The van der Waals surface area contributed by atoms with Crippen molar-refractivity contribution in [3.8, 4) is 10.6 Å². The number of nitrogens with zero attached hydrogens (tertiary/aromatic N) is 2. The van der Waals surface area contributed by atoms with Crippen molar-refractivity contribution >= 4 is 54.6 Å². The zero-order valence-electron chi connectivity index (χ0n) is 12.5. The number of aromatic nitrogens is 2. The van der Waals surface area contributed by atoms with Gasteiger partial charge < -0.3 is 0 Å². The third-order valence-electron chi connectivity index (χ3n) is 4.26. The van der Waals surface area contributed by atoms with Crippen LogP contribution < -0.4 is 0 Å². The Morgan fingerprint density at radius 2 is 1.38 bits per heavy atom. The molecule has 4 heteroatoms. The molecule has 0 spiro atoms. The van der Waals surface area contributed by atoms with Gasteiger partial charge in [0.2, 0.25) is 0 Å². The summed E-state index contributed by atoms with van der Waals surface area (Å²) in [7, 11) is 0. The van der Waals surface area contributed by atoms with Gasteiger partial charge in [0, 0.05) is 15.5 Å². The lowest BCUT2D eigenvalue weighted by Crippen LogP contribution is -1.90. The van der Waals surface area contributed by atoms with E-state index in [4.69, 9.17) is 11.6 Å². The van der Waals surface area contributed by atoms with E-state index >= 15 is 0 Å². The fourth-order valence-electron chi connectivity index (χ4n) is 3.09. The van der Waals surface area contributed by atoms with E-state index in [0.717, 1.165) is 26.7 Å². The predicted molar refractivity (Wildman–Crippen MR) is 103 cm³/mol. The molecule has 2 aromatic heterocycles. The molecule has 2 heterocycles. The lowest BCUT2D eigenvalue weighted by atomic mass is 10.0. The summed E-state index contributed by atoms with van der Waals surface area (Å²) < 4.78 is 1.25. The van der Waals surface area contributed by atoms with Gasteiger partial charge in [0.1, 0.15) is 5.69 Å². The van der Waals surface area contributed by atoms with Crippen LogP contribution in [0.25, 0.3) is 42.2 Å². The zero-order valence-corrected chi connectivity index (χ0v) is 14.1. The van der Waals surface area contributed by atoms with Crippen molar-refractivity contribution in [1.29, 1.82) is 0 Å². The molecule has 24 heavy (non-hydrogen) atoms. The van der Waals surface area contributed by atoms with Crippen molar-refractivity contribution in [2.45, 2.75) is 0 Å². The summed E-state index contributed by atoms with van der Waals surface area (Å²) in [5.41, 5.74) is 0.890. The molecule has 0 aliphatic rings. The normalized spacial score (nSPS) is 11.5. The average molecular weight is 347 g/mol. The molecule has 0 unspecified atom stereocenters. The van der Waals surface area contributed by atoms with Crippen molar-refractivity contribution in [2.24, 2.45) is 0 Å². The molecule has 0 bridgehead atoms. The summed E-state index contributed by atoms with van der Waals surface area (Å²) in [6.07, 6.45) is 0. The van der Waals surface area contributed by atoms with Crippen LogP contribution in [0.3, 0.4) is 0 Å². The van der Waals surface area contributed by atoms with Gasteiger partial charge >= 0.3 is 0 Å². The van der Waals surface area contributed by atoms with Crippen LogP contribution in [0.1, 0.15) is 0 Å².